The van der Waals surface area contributed by atoms with Crippen molar-refractivity contribution in [2.45, 2.75) is 37.7 Å². The number of amidine groups is 1. The van der Waals surface area contributed by atoms with E-state index in [1.807, 2.05) is 19.0 Å². The standard InChI is InChI=1S/C25H26F2N6O3S/c1-14-12-33(22(34)13-36-14)21-9-16(17-8-18(24(26)27)28-11-20(17)35-3)19(10-29-21)30-25-31-32(2)23(37-25)7-6-15-4-5-15/h8-11,14-15,23-24H,4-5,12-13H2,1-3H3,(H,30,31). The number of halogens is 2. The van der Waals surface area contributed by atoms with Crippen molar-refractivity contribution in [3.8, 4) is 28.7 Å². The molecule has 1 amide bonds. The summed E-state index contributed by atoms with van der Waals surface area (Å²) in [5, 5.41) is 2.35. The number of pyridine rings is 2. The van der Waals surface area contributed by atoms with Gasteiger partial charge in [-0.25, -0.2) is 18.8 Å². The van der Waals surface area contributed by atoms with Crippen molar-refractivity contribution in [2.24, 2.45) is 10.9 Å². The number of hydrogen-bond donors (Lipinski definition) is 1. The summed E-state index contributed by atoms with van der Waals surface area (Å²) in [4.78, 5) is 27.2. The lowest BCUT2D eigenvalue weighted by atomic mass is 10.0. The van der Waals surface area contributed by atoms with E-state index in [2.05, 4.69) is 27.2 Å². The fourth-order valence-corrected chi connectivity index (χ4v) is 4.79. The van der Waals surface area contributed by atoms with E-state index in [9.17, 15) is 13.6 Å². The normalized spacial score (nSPS) is 23.2. The molecule has 0 radical (unpaired) electrons. The van der Waals surface area contributed by atoms with Gasteiger partial charge in [-0.2, -0.15) is 5.01 Å². The Kier molecular flexibility index (Phi) is 7.28. The SMILES string of the molecule is COc1cnc(C(F)F)cc1-c1cc(N2CC(C)OCC2=O)ncc1N=C1NN(C)C(C#CC2CC2)S1. The predicted molar refractivity (Wildman–Crippen MR) is 137 cm³/mol. The zero-order chi connectivity index (χ0) is 26.1. The number of methoxy groups -OCH3 is 1. The smallest absolute Gasteiger partial charge is 0.280 e. The monoisotopic (exact) mass is 528 g/mol. The van der Waals surface area contributed by atoms with Gasteiger partial charge in [0, 0.05) is 24.1 Å². The zero-order valence-electron chi connectivity index (χ0n) is 20.6. The van der Waals surface area contributed by atoms with Crippen LogP contribution in [-0.4, -0.2) is 64.8 Å². The summed E-state index contributed by atoms with van der Waals surface area (Å²) in [6.07, 6.45) is 2.13. The van der Waals surface area contributed by atoms with E-state index in [1.54, 1.807) is 6.07 Å². The Hall–Kier alpha value is -3.27. The first-order valence-corrected chi connectivity index (χ1v) is 12.7. The molecule has 2 unspecified atom stereocenters. The van der Waals surface area contributed by atoms with Crippen molar-refractivity contribution < 1.29 is 23.0 Å². The quantitative estimate of drug-likeness (QED) is 0.587. The number of aromatic nitrogens is 2. The molecule has 0 aromatic carbocycles. The maximum absolute atomic E-state index is 13.6. The van der Waals surface area contributed by atoms with E-state index < -0.39 is 12.1 Å². The molecule has 3 fully saturated rings. The molecule has 0 spiro atoms. The lowest BCUT2D eigenvalue weighted by Crippen LogP contribution is -2.46. The number of nitrogens with one attached hydrogen (secondary N) is 1. The Labute approximate surface area is 217 Å². The van der Waals surface area contributed by atoms with Gasteiger partial charge >= 0.3 is 0 Å². The van der Waals surface area contributed by atoms with Crippen molar-refractivity contribution in [3.05, 3.63) is 30.2 Å². The summed E-state index contributed by atoms with van der Waals surface area (Å²) >= 11 is 1.46. The fraction of sp³-hybridized carbons (Fsp3) is 0.440. The van der Waals surface area contributed by atoms with Gasteiger partial charge < -0.3 is 9.47 Å². The Bertz CT molecular complexity index is 1290. The Morgan fingerprint density at radius 1 is 1.24 bits per heavy atom. The van der Waals surface area contributed by atoms with Crippen molar-refractivity contribution in [1.82, 2.24) is 20.4 Å². The van der Waals surface area contributed by atoms with Crippen LogP contribution >= 0.6 is 11.8 Å². The molecule has 2 saturated heterocycles. The first kappa shape index (κ1) is 25.4. The topological polar surface area (TPSA) is 92.2 Å². The zero-order valence-corrected chi connectivity index (χ0v) is 21.4. The summed E-state index contributed by atoms with van der Waals surface area (Å²) in [5.41, 5.74) is 4.06. The number of rotatable bonds is 5. The molecular weight excluding hydrogens is 502 g/mol. The highest BCUT2D eigenvalue weighted by molar-refractivity contribution is 8.14. The third-order valence-corrected chi connectivity index (χ3v) is 7.12. The maximum atomic E-state index is 13.6. The Balaban J connectivity index is 1.57. The van der Waals surface area contributed by atoms with Crippen molar-refractivity contribution in [2.75, 3.05) is 32.2 Å². The highest BCUT2D eigenvalue weighted by Crippen LogP contribution is 2.40. The van der Waals surface area contributed by atoms with Crippen LogP contribution in [0.5, 0.6) is 5.75 Å². The summed E-state index contributed by atoms with van der Waals surface area (Å²) < 4.78 is 38.0. The lowest BCUT2D eigenvalue weighted by Gasteiger charge is -2.30. The third kappa shape index (κ3) is 5.69. The third-order valence-electron chi connectivity index (χ3n) is 6.06. The van der Waals surface area contributed by atoms with Crippen LogP contribution in [0.1, 0.15) is 31.9 Å². The highest BCUT2D eigenvalue weighted by Gasteiger charge is 2.29. The first-order valence-electron chi connectivity index (χ1n) is 11.8. The van der Waals surface area contributed by atoms with Crippen LogP contribution in [0.15, 0.2) is 29.5 Å². The van der Waals surface area contributed by atoms with Gasteiger partial charge in [0.15, 0.2) is 5.17 Å². The molecule has 2 atom stereocenters. The number of carbonyl (C=O) groups is 1. The second kappa shape index (κ2) is 10.6. The minimum absolute atomic E-state index is 0.0630. The van der Waals surface area contributed by atoms with Gasteiger partial charge in [0.05, 0.1) is 37.8 Å². The average molecular weight is 529 g/mol. The number of alkyl halides is 2. The van der Waals surface area contributed by atoms with E-state index in [-0.39, 0.29) is 24.0 Å². The molecule has 1 saturated carbocycles. The number of ether oxygens (including phenoxy) is 2. The number of hydrazine groups is 1. The summed E-state index contributed by atoms with van der Waals surface area (Å²) in [6.45, 7) is 2.12. The second-order valence-corrected chi connectivity index (χ2v) is 10.0. The number of nitrogens with zero attached hydrogens (tertiary/aromatic N) is 5. The van der Waals surface area contributed by atoms with Crippen molar-refractivity contribution >= 4 is 34.3 Å². The van der Waals surface area contributed by atoms with Crippen LogP contribution in [0.4, 0.5) is 20.3 Å². The number of thioether (sulfide) groups is 1. The number of carbonyl (C=O) groups excluding carboxylic acids is 1. The number of morpholine rings is 1. The van der Waals surface area contributed by atoms with Gasteiger partial charge in [0.1, 0.15) is 29.2 Å². The number of amides is 1. The molecule has 12 heteroatoms. The highest BCUT2D eigenvalue weighted by atomic mass is 32.2. The lowest BCUT2D eigenvalue weighted by molar-refractivity contribution is -0.128. The van der Waals surface area contributed by atoms with Crippen LogP contribution in [0.3, 0.4) is 0 Å². The molecule has 0 bridgehead atoms. The summed E-state index contributed by atoms with van der Waals surface area (Å²) in [7, 11) is 3.33. The molecule has 194 valence electrons. The molecule has 1 N–H and O–H groups in total. The maximum Gasteiger partial charge on any atom is 0.280 e. The number of hydrogen-bond acceptors (Lipinski definition) is 8. The molecule has 2 aromatic heterocycles. The van der Waals surface area contributed by atoms with Gasteiger partial charge in [0.2, 0.25) is 0 Å². The van der Waals surface area contributed by atoms with Crippen LogP contribution in [0.25, 0.3) is 11.1 Å². The minimum atomic E-state index is -2.77. The van der Waals surface area contributed by atoms with E-state index in [4.69, 9.17) is 14.5 Å². The molecule has 1 aliphatic carbocycles. The molecule has 4 heterocycles. The van der Waals surface area contributed by atoms with Crippen LogP contribution in [-0.2, 0) is 9.53 Å². The summed E-state index contributed by atoms with van der Waals surface area (Å²) in [5.74, 6) is 7.44. The Morgan fingerprint density at radius 2 is 2.05 bits per heavy atom. The number of aliphatic imine (C=N–C) groups is 1. The number of anilines is 1. The minimum Gasteiger partial charge on any atom is -0.494 e. The van der Waals surface area contributed by atoms with E-state index in [0.29, 0.717) is 46.0 Å². The van der Waals surface area contributed by atoms with Crippen LogP contribution in [0.2, 0.25) is 0 Å². The van der Waals surface area contributed by atoms with Crippen molar-refractivity contribution in [1.29, 1.82) is 0 Å². The molecule has 37 heavy (non-hydrogen) atoms. The molecule has 2 aliphatic heterocycles. The molecular formula is C25H26F2N6O3S. The molecule has 5 rings (SSSR count). The van der Waals surface area contributed by atoms with Crippen molar-refractivity contribution in [3.63, 3.8) is 0 Å². The second-order valence-electron chi connectivity index (χ2n) is 8.97. The average Bonchev–Trinajstić information content (AvgIpc) is 3.65. The van der Waals surface area contributed by atoms with Gasteiger partial charge in [0.25, 0.3) is 12.3 Å². The fourth-order valence-electron chi connectivity index (χ4n) is 3.89. The van der Waals surface area contributed by atoms with Gasteiger partial charge in [-0.15, -0.1) is 0 Å². The summed E-state index contributed by atoms with van der Waals surface area (Å²) in [6, 6.07) is 2.94. The first-order chi connectivity index (χ1) is 17.8. The predicted octanol–water partition coefficient (Wildman–Crippen LogP) is 3.75. The molecule has 3 aliphatic rings. The van der Waals surface area contributed by atoms with Crippen LogP contribution < -0.4 is 15.1 Å². The molecule has 2 aromatic rings. The van der Waals surface area contributed by atoms with Crippen LogP contribution in [0, 0.1) is 17.8 Å². The van der Waals surface area contributed by atoms with E-state index in [0.717, 1.165) is 12.8 Å². The van der Waals surface area contributed by atoms with Gasteiger partial charge in [-0.05, 0) is 31.9 Å². The Morgan fingerprint density at radius 3 is 2.78 bits per heavy atom. The van der Waals surface area contributed by atoms with Gasteiger partial charge in [-0.1, -0.05) is 23.6 Å². The van der Waals surface area contributed by atoms with Gasteiger partial charge in [-0.3, -0.25) is 20.1 Å². The van der Waals surface area contributed by atoms with E-state index >= 15 is 0 Å². The molecule has 9 nitrogen and oxygen atoms in total. The largest absolute Gasteiger partial charge is 0.494 e. The van der Waals surface area contributed by atoms with E-state index in [1.165, 1.54) is 42.2 Å².